The quantitative estimate of drug-likeness (QED) is 0.792. The molecule has 0 N–H and O–H groups in total. The molecule has 8 nitrogen and oxygen atoms in total. The normalized spacial score (nSPS) is 20.5. The number of carbonyl (C=O) groups is 1. The molecule has 2 aromatic rings. The first kappa shape index (κ1) is 19.3. The molecule has 0 saturated carbocycles. The van der Waals surface area contributed by atoms with Crippen LogP contribution in [0.5, 0.6) is 0 Å². The summed E-state index contributed by atoms with van der Waals surface area (Å²) in [6.07, 6.45) is 9.43. The minimum Gasteiger partial charge on any atom is -0.361 e. The number of rotatable bonds is 5. The summed E-state index contributed by atoms with van der Waals surface area (Å²) in [5, 5.41) is 4.33. The van der Waals surface area contributed by atoms with Crippen molar-refractivity contribution in [1.29, 1.82) is 0 Å². The molecule has 1 aliphatic heterocycles. The van der Waals surface area contributed by atoms with Gasteiger partial charge in [-0.05, 0) is 32.4 Å². The predicted molar refractivity (Wildman–Crippen MR) is 105 cm³/mol. The van der Waals surface area contributed by atoms with Gasteiger partial charge in [0.1, 0.15) is 11.5 Å². The highest BCUT2D eigenvalue weighted by Crippen LogP contribution is 2.35. The standard InChI is InChI=1S/C19H29N7O/c1-23(2)17-11-20-16(10-21-17)19(27)25(4)12-14-7-6-8-24(3)18(14)15-9-22-26(5)13-15/h9-11,13-14,18H,6-8,12H2,1-5H3/t14-,18+/m0/s1. The van der Waals surface area contributed by atoms with Gasteiger partial charge in [-0.3, -0.25) is 14.4 Å². The average Bonchev–Trinajstić information content (AvgIpc) is 3.07. The number of likely N-dealkylation sites (tertiary alicyclic amines) is 1. The second-order valence-electron chi connectivity index (χ2n) is 7.62. The summed E-state index contributed by atoms with van der Waals surface area (Å²) in [5.74, 6) is 1.00. The lowest BCUT2D eigenvalue weighted by molar-refractivity contribution is 0.0640. The summed E-state index contributed by atoms with van der Waals surface area (Å²) in [6, 6.07) is 0.268. The van der Waals surface area contributed by atoms with E-state index in [-0.39, 0.29) is 11.9 Å². The molecule has 0 radical (unpaired) electrons. The Balaban J connectivity index is 1.72. The van der Waals surface area contributed by atoms with E-state index < -0.39 is 0 Å². The molecule has 3 rings (SSSR count). The van der Waals surface area contributed by atoms with Crippen molar-refractivity contribution in [2.24, 2.45) is 13.0 Å². The highest BCUT2D eigenvalue weighted by Gasteiger charge is 2.33. The fourth-order valence-electron chi connectivity index (χ4n) is 3.86. The third kappa shape index (κ3) is 4.27. The second kappa shape index (κ2) is 8.04. The molecule has 1 fully saturated rings. The number of piperidine rings is 1. The first-order valence-electron chi connectivity index (χ1n) is 9.30. The Morgan fingerprint density at radius 2 is 1.96 bits per heavy atom. The van der Waals surface area contributed by atoms with Crippen molar-refractivity contribution in [2.75, 3.05) is 46.2 Å². The number of carbonyl (C=O) groups excluding carboxylic acids is 1. The van der Waals surface area contributed by atoms with Crippen molar-refractivity contribution in [3.63, 3.8) is 0 Å². The van der Waals surface area contributed by atoms with Gasteiger partial charge in [-0.25, -0.2) is 9.97 Å². The van der Waals surface area contributed by atoms with E-state index in [0.29, 0.717) is 18.2 Å². The van der Waals surface area contributed by atoms with E-state index in [4.69, 9.17) is 0 Å². The van der Waals surface area contributed by atoms with Crippen molar-refractivity contribution < 1.29 is 4.79 Å². The molecule has 2 aromatic heterocycles. The number of hydrogen-bond acceptors (Lipinski definition) is 6. The maximum Gasteiger partial charge on any atom is 0.273 e. The number of aryl methyl sites for hydroxylation is 1. The molecule has 27 heavy (non-hydrogen) atoms. The van der Waals surface area contributed by atoms with E-state index >= 15 is 0 Å². The number of aromatic nitrogens is 4. The van der Waals surface area contributed by atoms with Gasteiger partial charge in [0.05, 0.1) is 18.6 Å². The Bertz CT molecular complexity index is 771. The molecular weight excluding hydrogens is 342 g/mol. The van der Waals surface area contributed by atoms with E-state index in [2.05, 4.69) is 33.2 Å². The molecule has 0 aromatic carbocycles. The third-order valence-electron chi connectivity index (χ3n) is 5.24. The second-order valence-corrected chi connectivity index (χ2v) is 7.62. The monoisotopic (exact) mass is 371 g/mol. The van der Waals surface area contributed by atoms with Crippen LogP contribution in [-0.2, 0) is 7.05 Å². The molecule has 1 saturated heterocycles. The van der Waals surface area contributed by atoms with Crippen LogP contribution in [0.3, 0.4) is 0 Å². The molecule has 2 atom stereocenters. The van der Waals surface area contributed by atoms with Crippen molar-refractivity contribution >= 4 is 11.7 Å². The van der Waals surface area contributed by atoms with Gasteiger partial charge in [0, 0.05) is 52.5 Å². The number of amides is 1. The highest BCUT2D eigenvalue weighted by molar-refractivity contribution is 5.91. The van der Waals surface area contributed by atoms with Crippen molar-refractivity contribution in [1.82, 2.24) is 29.5 Å². The van der Waals surface area contributed by atoms with E-state index in [1.165, 1.54) is 5.56 Å². The van der Waals surface area contributed by atoms with E-state index in [0.717, 1.165) is 25.2 Å². The minimum absolute atomic E-state index is 0.0917. The van der Waals surface area contributed by atoms with Crippen LogP contribution >= 0.6 is 0 Å². The largest absolute Gasteiger partial charge is 0.361 e. The van der Waals surface area contributed by atoms with Gasteiger partial charge >= 0.3 is 0 Å². The number of hydrogen-bond donors (Lipinski definition) is 0. The van der Waals surface area contributed by atoms with Gasteiger partial charge in [0.2, 0.25) is 0 Å². The molecule has 0 aliphatic carbocycles. The van der Waals surface area contributed by atoms with Gasteiger partial charge < -0.3 is 9.80 Å². The summed E-state index contributed by atoms with van der Waals surface area (Å²) < 4.78 is 1.84. The van der Waals surface area contributed by atoms with Gasteiger partial charge in [-0.15, -0.1) is 0 Å². The van der Waals surface area contributed by atoms with Crippen LogP contribution in [0.4, 0.5) is 5.82 Å². The maximum atomic E-state index is 12.8. The molecule has 0 spiro atoms. The van der Waals surface area contributed by atoms with E-state index in [1.807, 2.05) is 44.0 Å². The van der Waals surface area contributed by atoms with Crippen LogP contribution in [-0.4, -0.2) is 76.7 Å². The lowest BCUT2D eigenvalue weighted by Gasteiger charge is -2.40. The van der Waals surface area contributed by atoms with Crippen molar-refractivity contribution in [3.05, 3.63) is 36.0 Å². The molecule has 1 aliphatic rings. The van der Waals surface area contributed by atoms with Crippen molar-refractivity contribution in [2.45, 2.75) is 18.9 Å². The van der Waals surface area contributed by atoms with Gasteiger partial charge in [-0.1, -0.05) is 0 Å². The fraction of sp³-hybridized carbons (Fsp3) is 0.579. The zero-order valence-corrected chi connectivity index (χ0v) is 16.8. The van der Waals surface area contributed by atoms with E-state index in [9.17, 15) is 4.79 Å². The Morgan fingerprint density at radius 1 is 1.19 bits per heavy atom. The van der Waals surface area contributed by atoms with Gasteiger partial charge in [0.15, 0.2) is 0 Å². The Hall–Kier alpha value is -2.48. The van der Waals surface area contributed by atoms with Crippen LogP contribution in [0.1, 0.15) is 34.9 Å². The van der Waals surface area contributed by atoms with Gasteiger partial charge in [-0.2, -0.15) is 5.10 Å². The molecule has 3 heterocycles. The van der Waals surface area contributed by atoms with Crippen LogP contribution in [0.15, 0.2) is 24.8 Å². The zero-order valence-electron chi connectivity index (χ0n) is 16.8. The van der Waals surface area contributed by atoms with Crippen LogP contribution in [0, 0.1) is 5.92 Å². The summed E-state index contributed by atoms with van der Waals surface area (Å²) in [5.41, 5.74) is 1.59. The van der Waals surface area contributed by atoms with E-state index in [1.54, 1.807) is 17.3 Å². The summed E-state index contributed by atoms with van der Waals surface area (Å²) in [4.78, 5) is 27.4. The van der Waals surface area contributed by atoms with Crippen molar-refractivity contribution in [3.8, 4) is 0 Å². The summed E-state index contributed by atoms with van der Waals surface area (Å²) >= 11 is 0. The third-order valence-corrected chi connectivity index (χ3v) is 5.24. The molecule has 0 unspecified atom stereocenters. The molecule has 8 heteroatoms. The highest BCUT2D eigenvalue weighted by atomic mass is 16.2. The van der Waals surface area contributed by atoms with Gasteiger partial charge in [0.25, 0.3) is 5.91 Å². The Kier molecular flexibility index (Phi) is 5.74. The van der Waals surface area contributed by atoms with Crippen LogP contribution in [0.25, 0.3) is 0 Å². The average molecular weight is 371 g/mol. The SMILES string of the molecule is CN(C[C@@H]1CCCN(C)[C@H]1c1cnn(C)c1)C(=O)c1cnc(N(C)C)cn1. The Morgan fingerprint density at radius 3 is 2.56 bits per heavy atom. The molecule has 0 bridgehead atoms. The lowest BCUT2D eigenvalue weighted by atomic mass is 9.85. The summed E-state index contributed by atoms with van der Waals surface area (Å²) in [7, 11) is 9.73. The minimum atomic E-state index is -0.0917. The zero-order chi connectivity index (χ0) is 19.6. The molecule has 1 amide bonds. The maximum absolute atomic E-state index is 12.8. The molecular formula is C19H29N7O. The first-order chi connectivity index (χ1) is 12.9. The van der Waals surface area contributed by atoms with Crippen LogP contribution < -0.4 is 4.90 Å². The first-order valence-corrected chi connectivity index (χ1v) is 9.30. The lowest BCUT2D eigenvalue weighted by Crippen LogP contribution is -2.42. The number of nitrogens with zero attached hydrogens (tertiary/aromatic N) is 7. The topological polar surface area (TPSA) is 70.4 Å². The molecule has 146 valence electrons. The fourth-order valence-corrected chi connectivity index (χ4v) is 3.86. The predicted octanol–water partition coefficient (Wildman–Crippen LogP) is 1.43. The van der Waals surface area contributed by atoms with Crippen LogP contribution in [0.2, 0.25) is 0 Å². The number of anilines is 1. The smallest absolute Gasteiger partial charge is 0.273 e. The summed E-state index contributed by atoms with van der Waals surface area (Å²) in [6.45, 7) is 1.74. The Labute approximate surface area is 160 Å².